The van der Waals surface area contributed by atoms with E-state index in [4.69, 9.17) is 18.8 Å². The summed E-state index contributed by atoms with van der Waals surface area (Å²) in [6.07, 6.45) is 2.72. The Hall–Kier alpha value is -2.35. The fourth-order valence-electron chi connectivity index (χ4n) is 3.44. The first-order chi connectivity index (χ1) is 13.9. The number of hydrogen-bond donors (Lipinski definition) is 0. The summed E-state index contributed by atoms with van der Waals surface area (Å²) in [6, 6.07) is 5.18. The standard InChI is InChI=1S/C21H29BO7/c1-5-14(6-2)20(24)27-13-28-21(25)18-10-8-9-15-11-16(12-17(23)7-3)22(26-4)29-19(15)18/h8-10,14,16H,5-7,11-13H2,1-4H3/t16-/m1/s1. The molecule has 0 unspecified atom stereocenters. The second-order valence-corrected chi connectivity index (χ2v) is 7.10. The van der Waals surface area contributed by atoms with Gasteiger partial charge in [-0.05, 0) is 30.9 Å². The molecule has 7 nitrogen and oxygen atoms in total. The van der Waals surface area contributed by atoms with Crippen LogP contribution in [0.5, 0.6) is 5.75 Å². The maximum absolute atomic E-state index is 12.5. The van der Waals surface area contributed by atoms with Crippen LogP contribution in [0.15, 0.2) is 18.2 Å². The van der Waals surface area contributed by atoms with Gasteiger partial charge in [-0.3, -0.25) is 9.59 Å². The fraction of sp³-hybridized carbons (Fsp3) is 0.571. The predicted molar refractivity (Wildman–Crippen MR) is 108 cm³/mol. The lowest BCUT2D eigenvalue weighted by Gasteiger charge is -2.30. The lowest BCUT2D eigenvalue weighted by Crippen LogP contribution is -2.37. The van der Waals surface area contributed by atoms with E-state index in [1.165, 1.54) is 7.11 Å². The van der Waals surface area contributed by atoms with Gasteiger partial charge in [0.05, 0.1) is 5.92 Å². The molecule has 0 amide bonds. The molecular weight excluding hydrogens is 375 g/mol. The summed E-state index contributed by atoms with van der Waals surface area (Å²) in [5.74, 6) is -0.817. The molecule has 1 aliphatic heterocycles. The van der Waals surface area contributed by atoms with E-state index < -0.39 is 19.9 Å². The maximum atomic E-state index is 12.5. The van der Waals surface area contributed by atoms with Crippen molar-refractivity contribution in [2.75, 3.05) is 13.9 Å². The molecule has 158 valence electrons. The van der Waals surface area contributed by atoms with Gasteiger partial charge in [-0.1, -0.05) is 32.9 Å². The quantitative estimate of drug-likeness (QED) is 0.335. The molecular formula is C21H29BO7. The van der Waals surface area contributed by atoms with Gasteiger partial charge in [0.25, 0.3) is 0 Å². The second-order valence-electron chi connectivity index (χ2n) is 7.10. The van der Waals surface area contributed by atoms with Gasteiger partial charge < -0.3 is 18.8 Å². The highest BCUT2D eigenvalue weighted by Crippen LogP contribution is 2.37. The molecule has 1 aromatic rings. The lowest BCUT2D eigenvalue weighted by molar-refractivity contribution is -0.157. The summed E-state index contributed by atoms with van der Waals surface area (Å²) in [4.78, 5) is 36.3. The van der Waals surface area contributed by atoms with Crippen molar-refractivity contribution in [2.45, 2.75) is 58.7 Å². The summed E-state index contributed by atoms with van der Waals surface area (Å²) in [6.45, 7) is 5.19. The first-order valence-corrected chi connectivity index (χ1v) is 10.1. The first-order valence-electron chi connectivity index (χ1n) is 10.1. The van der Waals surface area contributed by atoms with Crippen LogP contribution in [0, 0.1) is 5.92 Å². The summed E-state index contributed by atoms with van der Waals surface area (Å²) in [7, 11) is 0.886. The van der Waals surface area contributed by atoms with Gasteiger partial charge in [-0.2, -0.15) is 0 Å². The molecule has 0 bridgehead atoms. The smallest absolute Gasteiger partial charge is 0.529 e. The van der Waals surface area contributed by atoms with Crippen LogP contribution in [-0.4, -0.2) is 38.7 Å². The van der Waals surface area contributed by atoms with Crippen LogP contribution >= 0.6 is 0 Å². The Balaban J connectivity index is 2.07. The Labute approximate surface area is 172 Å². The van der Waals surface area contributed by atoms with Crippen molar-refractivity contribution in [3.05, 3.63) is 29.3 Å². The molecule has 1 heterocycles. The molecule has 0 fully saturated rings. The van der Waals surface area contributed by atoms with Crippen LogP contribution < -0.4 is 4.65 Å². The van der Waals surface area contributed by atoms with Gasteiger partial charge in [-0.25, -0.2) is 4.79 Å². The maximum Gasteiger partial charge on any atom is 0.529 e. The molecule has 1 aromatic carbocycles. The van der Waals surface area contributed by atoms with Crippen molar-refractivity contribution in [1.82, 2.24) is 0 Å². The molecule has 29 heavy (non-hydrogen) atoms. The predicted octanol–water partition coefficient (Wildman–Crippen LogP) is 3.59. The van der Waals surface area contributed by atoms with Gasteiger partial charge >= 0.3 is 19.1 Å². The number of ketones is 1. The molecule has 1 atom stereocenters. The number of benzene rings is 1. The molecule has 8 heteroatoms. The molecule has 0 radical (unpaired) electrons. The molecule has 2 rings (SSSR count). The summed E-state index contributed by atoms with van der Waals surface area (Å²) in [5.41, 5.74) is 1.05. The molecule has 0 N–H and O–H groups in total. The Morgan fingerprint density at radius 3 is 2.52 bits per heavy atom. The van der Waals surface area contributed by atoms with E-state index >= 15 is 0 Å². The first kappa shape index (κ1) is 22.9. The zero-order valence-corrected chi connectivity index (χ0v) is 17.6. The average Bonchev–Trinajstić information content (AvgIpc) is 2.73. The van der Waals surface area contributed by atoms with Crippen molar-refractivity contribution in [2.24, 2.45) is 5.92 Å². The fourth-order valence-corrected chi connectivity index (χ4v) is 3.44. The summed E-state index contributed by atoms with van der Waals surface area (Å²) < 4.78 is 21.5. The monoisotopic (exact) mass is 404 g/mol. The Morgan fingerprint density at radius 2 is 1.90 bits per heavy atom. The van der Waals surface area contributed by atoms with Crippen LogP contribution in [0.1, 0.15) is 62.4 Å². The molecule has 0 aliphatic carbocycles. The molecule has 0 aromatic heterocycles. The topological polar surface area (TPSA) is 88.1 Å². The number of ether oxygens (including phenoxy) is 2. The van der Waals surface area contributed by atoms with Crippen LogP contribution in [-0.2, 0) is 30.1 Å². The van der Waals surface area contributed by atoms with Crippen molar-refractivity contribution >= 4 is 24.8 Å². The highest BCUT2D eigenvalue weighted by Gasteiger charge is 2.39. The van der Waals surface area contributed by atoms with Crippen molar-refractivity contribution < 1.29 is 33.2 Å². The van der Waals surface area contributed by atoms with Gasteiger partial charge in [0.2, 0.25) is 6.79 Å². The van der Waals surface area contributed by atoms with E-state index in [1.54, 1.807) is 12.1 Å². The van der Waals surface area contributed by atoms with E-state index in [0.717, 1.165) is 5.56 Å². The lowest BCUT2D eigenvalue weighted by atomic mass is 9.64. The third-order valence-electron chi connectivity index (χ3n) is 5.24. The van der Waals surface area contributed by atoms with Crippen molar-refractivity contribution in [3.8, 4) is 5.75 Å². The number of carbonyl (C=O) groups is 3. The number of fused-ring (bicyclic) bond motifs is 1. The minimum atomic E-state index is -0.642. The number of hydrogen-bond acceptors (Lipinski definition) is 7. The van der Waals surface area contributed by atoms with Crippen LogP contribution in [0.4, 0.5) is 0 Å². The van der Waals surface area contributed by atoms with Crippen LogP contribution in [0.2, 0.25) is 5.82 Å². The molecule has 0 spiro atoms. The van der Waals surface area contributed by atoms with Crippen molar-refractivity contribution in [1.29, 1.82) is 0 Å². The SMILES string of the molecule is CCC(=O)C[C@H]1Cc2cccc(C(=O)OCOC(=O)C(CC)CC)c2OB1OC. The third kappa shape index (κ3) is 5.82. The number of carbonyl (C=O) groups excluding carboxylic acids is 3. The van der Waals surface area contributed by atoms with Gasteiger partial charge in [0.1, 0.15) is 17.1 Å². The number of rotatable bonds is 10. The van der Waals surface area contributed by atoms with Crippen LogP contribution in [0.25, 0.3) is 0 Å². The third-order valence-corrected chi connectivity index (χ3v) is 5.24. The van der Waals surface area contributed by atoms with E-state index in [2.05, 4.69) is 0 Å². The summed E-state index contributed by atoms with van der Waals surface area (Å²) >= 11 is 0. The van der Waals surface area contributed by atoms with E-state index in [9.17, 15) is 14.4 Å². The van der Waals surface area contributed by atoms with E-state index in [0.29, 0.717) is 37.9 Å². The highest BCUT2D eigenvalue weighted by atomic mass is 16.7. The Morgan fingerprint density at radius 1 is 1.17 bits per heavy atom. The number of esters is 2. The Kier molecular flexibility index (Phi) is 8.70. The van der Waals surface area contributed by atoms with Gasteiger partial charge in [0, 0.05) is 25.8 Å². The minimum Gasteiger partial charge on any atom is -0.535 e. The molecule has 0 saturated heterocycles. The largest absolute Gasteiger partial charge is 0.535 e. The van der Waals surface area contributed by atoms with E-state index in [1.807, 2.05) is 26.8 Å². The molecule has 0 saturated carbocycles. The van der Waals surface area contributed by atoms with Gasteiger partial charge in [-0.15, -0.1) is 0 Å². The zero-order chi connectivity index (χ0) is 21.4. The van der Waals surface area contributed by atoms with Crippen molar-refractivity contribution in [3.63, 3.8) is 0 Å². The Bertz CT molecular complexity index is 730. The zero-order valence-electron chi connectivity index (χ0n) is 17.6. The van der Waals surface area contributed by atoms with E-state index in [-0.39, 0.29) is 29.1 Å². The average molecular weight is 404 g/mol. The normalized spacial score (nSPS) is 15.5. The highest BCUT2D eigenvalue weighted by molar-refractivity contribution is 6.48. The number of Topliss-reactive ketones (excluding diaryl/α,β-unsaturated/α-hetero) is 1. The van der Waals surface area contributed by atoms with Gasteiger partial charge in [0.15, 0.2) is 0 Å². The molecule has 1 aliphatic rings. The second kappa shape index (κ2) is 11.0. The number of para-hydroxylation sites is 1. The minimum absolute atomic E-state index is 0.118. The summed E-state index contributed by atoms with van der Waals surface area (Å²) in [5, 5.41) is 0. The van der Waals surface area contributed by atoms with Crippen LogP contribution in [0.3, 0.4) is 0 Å².